The van der Waals surface area contributed by atoms with Gasteiger partial charge in [-0.25, -0.2) is 9.78 Å². The molecule has 1 heterocycles. The normalized spacial score (nSPS) is 10.4. The Morgan fingerprint density at radius 1 is 1.50 bits per heavy atom. The molecule has 1 aromatic heterocycles. The van der Waals surface area contributed by atoms with E-state index in [1.165, 1.54) is 13.4 Å². The van der Waals surface area contributed by atoms with Crippen molar-refractivity contribution in [2.45, 2.75) is 6.92 Å². The zero-order chi connectivity index (χ0) is 13.3. The van der Waals surface area contributed by atoms with Crippen LogP contribution in [0.2, 0.25) is 5.02 Å². The molecule has 0 aliphatic rings. The van der Waals surface area contributed by atoms with Gasteiger partial charge in [-0.3, -0.25) is 4.57 Å². The van der Waals surface area contributed by atoms with Crippen LogP contribution in [0.5, 0.6) is 0 Å². The number of halogens is 1. The monoisotopic (exact) mass is 265 g/mol. The molecule has 1 aromatic carbocycles. The van der Waals surface area contributed by atoms with Gasteiger partial charge in [0.05, 0.1) is 17.8 Å². The number of benzene rings is 1. The summed E-state index contributed by atoms with van der Waals surface area (Å²) in [7, 11) is 1.28. The number of aryl methyl sites for hydroxylation is 1. The van der Waals surface area contributed by atoms with Crippen molar-refractivity contribution >= 4 is 23.4 Å². The molecular weight excluding hydrogens is 254 g/mol. The quantitative estimate of drug-likeness (QED) is 0.845. The van der Waals surface area contributed by atoms with Crippen LogP contribution in [0.4, 0.5) is 5.82 Å². The molecule has 0 spiro atoms. The maximum absolute atomic E-state index is 11.4. The van der Waals surface area contributed by atoms with E-state index >= 15 is 0 Å². The molecule has 2 aromatic rings. The molecule has 0 bridgehead atoms. The predicted octanol–water partition coefficient (Wildman–Crippen LogP) is 2.20. The van der Waals surface area contributed by atoms with Gasteiger partial charge in [0.25, 0.3) is 0 Å². The van der Waals surface area contributed by atoms with Gasteiger partial charge in [0.1, 0.15) is 12.1 Å². The number of ether oxygens (including phenoxy) is 1. The molecule has 0 radical (unpaired) electrons. The SMILES string of the molecule is COC(=O)c1ncn(-c2cc(C)ccc2Cl)c1N. The van der Waals surface area contributed by atoms with Crippen LogP contribution in [0.1, 0.15) is 16.1 Å². The Morgan fingerprint density at radius 3 is 2.89 bits per heavy atom. The van der Waals surface area contributed by atoms with Crippen molar-refractivity contribution in [2.75, 3.05) is 12.8 Å². The second-order valence-corrected chi connectivity index (χ2v) is 4.20. The van der Waals surface area contributed by atoms with Crippen LogP contribution >= 0.6 is 11.6 Å². The molecule has 0 fully saturated rings. The predicted molar refractivity (Wildman–Crippen MR) is 69.1 cm³/mol. The highest BCUT2D eigenvalue weighted by Crippen LogP contribution is 2.25. The van der Waals surface area contributed by atoms with Crippen LogP contribution in [0, 0.1) is 6.92 Å². The number of nitrogen functional groups attached to an aromatic ring is 1. The van der Waals surface area contributed by atoms with Crippen molar-refractivity contribution < 1.29 is 9.53 Å². The maximum Gasteiger partial charge on any atom is 0.360 e. The van der Waals surface area contributed by atoms with Crippen molar-refractivity contribution in [1.82, 2.24) is 9.55 Å². The van der Waals surface area contributed by atoms with Gasteiger partial charge in [-0.15, -0.1) is 0 Å². The Hall–Kier alpha value is -2.01. The van der Waals surface area contributed by atoms with Crippen LogP contribution in [-0.4, -0.2) is 22.6 Å². The molecule has 0 amide bonds. The van der Waals surface area contributed by atoms with Crippen molar-refractivity contribution in [3.8, 4) is 5.69 Å². The molecule has 5 nitrogen and oxygen atoms in total. The number of anilines is 1. The number of nitrogens with zero attached hydrogens (tertiary/aromatic N) is 2. The van der Waals surface area contributed by atoms with Crippen molar-refractivity contribution in [1.29, 1.82) is 0 Å². The van der Waals surface area contributed by atoms with E-state index in [0.29, 0.717) is 10.7 Å². The topological polar surface area (TPSA) is 70.1 Å². The molecular formula is C12H12ClN3O2. The molecule has 0 aliphatic heterocycles. The number of methoxy groups -OCH3 is 1. The maximum atomic E-state index is 11.4. The Bertz CT molecular complexity index is 607. The molecule has 2 N–H and O–H groups in total. The standard InChI is InChI=1S/C12H12ClN3O2/c1-7-3-4-8(13)9(5-7)16-6-15-10(11(16)14)12(17)18-2/h3-6H,14H2,1-2H3. The van der Waals surface area contributed by atoms with E-state index in [2.05, 4.69) is 9.72 Å². The zero-order valence-corrected chi connectivity index (χ0v) is 10.7. The lowest BCUT2D eigenvalue weighted by molar-refractivity contribution is 0.0596. The van der Waals surface area contributed by atoms with E-state index in [9.17, 15) is 4.79 Å². The summed E-state index contributed by atoms with van der Waals surface area (Å²) in [6.07, 6.45) is 1.45. The molecule has 0 saturated carbocycles. The second-order valence-electron chi connectivity index (χ2n) is 3.79. The smallest absolute Gasteiger partial charge is 0.360 e. The number of nitrogens with two attached hydrogens (primary N) is 1. The minimum atomic E-state index is -0.574. The number of rotatable bonds is 2. The van der Waals surface area contributed by atoms with Crippen LogP contribution in [0.3, 0.4) is 0 Å². The average molecular weight is 266 g/mol. The van der Waals surface area contributed by atoms with Crippen LogP contribution in [-0.2, 0) is 4.74 Å². The Kier molecular flexibility index (Phi) is 3.25. The summed E-state index contributed by atoms with van der Waals surface area (Å²) in [6, 6.07) is 5.52. The summed E-state index contributed by atoms with van der Waals surface area (Å²) in [5.41, 5.74) is 7.66. The molecule has 2 rings (SSSR count). The van der Waals surface area contributed by atoms with Crippen molar-refractivity contribution in [3.63, 3.8) is 0 Å². The lowest BCUT2D eigenvalue weighted by Gasteiger charge is -2.08. The van der Waals surface area contributed by atoms with Crippen molar-refractivity contribution in [3.05, 3.63) is 40.8 Å². The van der Waals surface area contributed by atoms with E-state index < -0.39 is 5.97 Å². The highest BCUT2D eigenvalue weighted by Gasteiger charge is 2.18. The summed E-state index contributed by atoms with van der Waals surface area (Å²) in [6.45, 7) is 1.94. The van der Waals surface area contributed by atoms with Gasteiger partial charge >= 0.3 is 5.97 Å². The third kappa shape index (κ3) is 2.04. The van der Waals surface area contributed by atoms with Gasteiger partial charge in [-0.05, 0) is 24.6 Å². The van der Waals surface area contributed by atoms with Gasteiger partial charge in [0, 0.05) is 0 Å². The summed E-state index contributed by atoms with van der Waals surface area (Å²) in [5, 5.41) is 0.529. The Labute approximate surface area is 109 Å². The highest BCUT2D eigenvalue weighted by atomic mass is 35.5. The van der Waals surface area contributed by atoms with Crippen LogP contribution in [0.25, 0.3) is 5.69 Å². The minimum absolute atomic E-state index is 0.0788. The third-order valence-electron chi connectivity index (χ3n) is 2.54. The fraction of sp³-hybridized carbons (Fsp3) is 0.167. The third-order valence-corrected chi connectivity index (χ3v) is 2.86. The fourth-order valence-corrected chi connectivity index (χ4v) is 1.82. The number of carbonyl (C=O) groups is 1. The molecule has 0 unspecified atom stereocenters. The first-order chi connectivity index (χ1) is 8.54. The van der Waals surface area contributed by atoms with E-state index in [4.69, 9.17) is 17.3 Å². The number of imidazole rings is 1. The van der Waals surface area contributed by atoms with Crippen molar-refractivity contribution in [2.24, 2.45) is 0 Å². The van der Waals surface area contributed by atoms with Gasteiger partial charge in [-0.1, -0.05) is 17.7 Å². The van der Waals surface area contributed by atoms with Gasteiger partial charge in [0.15, 0.2) is 5.69 Å². The molecule has 6 heteroatoms. The van der Waals surface area contributed by atoms with E-state index in [1.807, 2.05) is 19.1 Å². The van der Waals surface area contributed by atoms with Gasteiger partial charge in [0.2, 0.25) is 0 Å². The first-order valence-corrected chi connectivity index (χ1v) is 5.60. The first-order valence-electron chi connectivity index (χ1n) is 5.22. The lowest BCUT2D eigenvalue weighted by Crippen LogP contribution is -2.07. The average Bonchev–Trinajstić information content (AvgIpc) is 2.73. The largest absolute Gasteiger partial charge is 0.464 e. The van der Waals surface area contributed by atoms with Gasteiger partial charge < -0.3 is 10.5 Å². The summed E-state index contributed by atoms with van der Waals surface area (Å²) in [4.78, 5) is 15.4. The van der Waals surface area contributed by atoms with E-state index in [-0.39, 0.29) is 11.5 Å². The zero-order valence-electron chi connectivity index (χ0n) is 9.98. The molecule has 94 valence electrons. The number of hydrogen-bond acceptors (Lipinski definition) is 4. The molecule has 0 atom stereocenters. The van der Waals surface area contributed by atoms with Crippen LogP contribution < -0.4 is 5.73 Å². The lowest BCUT2D eigenvalue weighted by atomic mass is 10.2. The summed E-state index contributed by atoms with van der Waals surface area (Å²) < 4.78 is 6.15. The second kappa shape index (κ2) is 4.70. The minimum Gasteiger partial charge on any atom is -0.464 e. The first kappa shape index (κ1) is 12.4. The highest BCUT2D eigenvalue weighted by molar-refractivity contribution is 6.32. The number of esters is 1. The van der Waals surface area contributed by atoms with Gasteiger partial charge in [-0.2, -0.15) is 0 Å². The fourth-order valence-electron chi connectivity index (χ4n) is 1.61. The molecule has 18 heavy (non-hydrogen) atoms. The summed E-state index contributed by atoms with van der Waals surface area (Å²) >= 11 is 6.11. The number of aromatic nitrogens is 2. The molecule has 0 aliphatic carbocycles. The van der Waals surface area contributed by atoms with E-state index in [0.717, 1.165) is 5.56 Å². The Balaban J connectivity index is 2.55. The summed E-state index contributed by atoms with van der Waals surface area (Å²) in [5.74, 6) is -0.371. The van der Waals surface area contributed by atoms with Crippen LogP contribution in [0.15, 0.2) is 24.5 Å². The van der Waals surface area contributed by atoms with E-state index in [1.54, 1.807) is 10.6 Å². The molecule has 0 saturated heterocycles. The Morgan fingerprint density at radius 2 is 2.22 bits per heavy atom. The number of carbonyl (C=O) groups excluding carboxylic acids is 1. The number of hydrogen-bond donors (Lipinski definition) is 1.